The van der Waals surface area contributed by atoms with Gasteiger partial charge in [-0.2, -0.15) is 0 Å². The zero-order chi connectivity index (χ0) is 14.9. The van der Waals surface area contributed by atoms with Crippen LogP contribution in [0, 0.1) is 0 Å². The van der Waals surface area contributed by atoms with E-state index in [1.807, 2.05) is 31.2 Å². The van der Waals surface area contributed by atoms with E-state index in [-0.39, 0.29) is 0 Å². The first-order chi connectivity index (χ1) is 10.3. The molecule has 0 atom stereocenters. The van der Waals surface area contributed by atoms with Crippen LogP contribution >= 0.6 is 0 Å². The predicted molar refractivity (Wildman–Crippen MR) is 86.3 cm³/mol. The fourth-order valence-electron chi connectivity index (χ4n) is 2.52. The van der Waals surface area contributed by atoms with Crippen LogP contribution in [0.25, 0.3) is 0 Å². The van der Waals surface area contributed by atoms with E-state index in [2.05, 4.69) is 16.8 Å². The Morgan fingerprint density at radius 1 is 1.00 bits per heavy atom. The molecule has 0 spiro atoms. The monoisotopic (exact) mass is 292 g/mol. The quantitative estimate of drug-likeness (QED) is 0.687. The standard InChI is InChI=1S/C17H28N2O2/c1-3-20-16-7-6-8-17(15-16)21-14-5-4-9-19-12-10-18(2)11-13-19/h6-8,15H,3-5,9-14H2,1-2H3. The van der Waals surface area contributed by atoms with Gasteiger partial charge < -0.3 is 19.3 Å². The molecule has 1 fully saturated rings. The zero-order valence-corrected chi connectivity index (χ0v) is 13.4. The molecule has 4 heteroatoms. The number of rotatable bonds is 8. The van der Waals surface area contributed by atoms with Gasteiger partial charge in [-0.3, -0.25) is 0 Å². The van der Waals surface area contributed by atoms with E-state index in [4.69, 9.17) is 9.47 Å². The molecule has 0 aromatic heterocycles. The van der Waals surface area contributed by atoms with E-state index in [9.17, 15) is 0 Å². The van der Waals surface area contributed by atoms with Crippen molar-refractivity contribution in [3.8, 4) is 11.5 Å². The Morgan fingerprint density at radius 2 is 1.71 bits per heavy atom. The maximum Gasteiger partial charge on any atom is 0.122 e. The maximum absolute atomic E-state index is 5.79. The first-order valence-electron chi connectivity index (χ1n) is 8.04. The maximum atomic E-state index is 5.79. The van der Waals surface area contributed by atoms with E-state index < -0.39 is 0 Å². The van der Waals surface area contributed by atoms with Gasteiger partial charge in [-0.15, -0.1) is 0 Å². The van der Waals surface area contributed by atoms with Crippen molar-refractivity contribution >= 4 is 0 Å². The van der Waals surface area contributed by atoms with Gasteiger partial charge in [-0.25, -0.2) is 0 Å². The third-order valence-corrected chi connectivity index (χ3v) is 3.85. The molecule has 21 heavy (non-hydrogen) atoms. The van der Waals surface area contributed by atoms with Crippen molar-refractivity contribution in [2.75, 3.05) is 53.0 Å². The average molecular weight is 292 g/mol. The van der Waals surface area contributed by atoms with Crippen LogP contribution < -0.4 is 9.47 Å². The summed E-state index contributed by atoms with van der Waals surface area (Å²) in [5, 5.41) is 0. The van der Waals surface area contributed by atoms with Crippen LogP contribution in [0.15, 0.2) is 24.3 Å². The minimum absolute atomic E-state index is 0.689. The second kappa shape index (κ2) is 8.90. The minimum atomic E-state index is 0.689. The average Bonchev–Trinajstić information content (AvgIpc) is 2.50. The molecule has 1 aliphatic heterocycles. The van der Waals surface area contributed by atoms with Crippen molar-refractivity contribution in [1.82, 2.24) is 9.80 Å². The largest absolute Gasteiger partial charge is 0.494 e. The summed E-state index contributed by atoms with van der Waals surface area (Å²) in [6.07, 6.45) is 2.31. The van der Waals surface area contributed by atoms with Crippen molar-refractivity contribution in [3.63, 3.8) is 0 Å². The van der Waals surface area contributed by atoms with Crippen LogP contribution in [-0.2, 0) is 0 Å². The molecule has 0 radical (unpaired) electrons. The topological polar surface area (TPSA) is 24.9 Å². The van der Waals surface area contributed by atoms with Gasteiger partial charge in [0.25, 0.3) is 0 Å². The van der Waals surface area contributed by atoms with Crippen molar-refractivity contribution in [1.29, 1.82) is 0 Å². The Bertz CT molecular complexity index is 404. The summed E-state index contributed by atoms with van der Waals surface area (Å²) < 4.78 is 11.3. The molecule has 1 saturated heterocycles. The summed E-state index contributed by atoms with van der Waals surface area (Å²) in [5.41, 5.74) is 0. The first kappa shape index (κ1) is 16.1. The SMILES string of the molecule is CCOc1cccc(OCCCCN2CCN(C)CC2)c1. The third-order valence-electron chi connectivity index (χ3n) is 3.85. The van der Waals surface area contributed by atoms with Crippen molar-refractivity contribution in [2.45, 2.75) is 19.8 Å². The Hall–Kier alpha value is -1.26. The molecule has 0 unspecified atom stereocenters. The van der Waals surface area contributed by atoms with E-state index in [0.717, 1.165) is 24.5 Å². The van der Waals surface area contributed by atoms with Crippen LogP contribution in [0.2, 0.25) is 0 Å². The van der Waals surface area contributed by atoms with Gasteiger partial charge in [0, 0.05) is 32.2 Å². The van der Waals surface area contributed by atoms with Crippen molar-refractivity contribution in [3.05, 3.63) is 24.3 Å². The lowest BCUT2D eigenvalue weighted by molar-refractivity contribution is 0.150. The second-order valence-electron chi connectivity index (χ2n) is 5.61. The normalized spacial score (nSPS) is 16.9. The fraction of sp³-hybridized carbons (Fsp3) is 0.647. The summed E-state index contributed by atoms with van der Waals surface area (Å²) in [6.45, 7) is 9.45. The smallest absolute Gasteiger partial charge is 0.122 e. The molecular formula is C17H28N2O2. The summed E-state index contributed by atoms with van der Waals surface area (Å²) in [6, 6.07) is 7.89. The molecule has 4 nitrogen and oxygen atoms in total. The van der Waals surface area contributed by atoms with Crippen LogP contribution in [-0.4, -0.2) is 62.8 Å². The van der Waals surface area contributed by atoms with Crippen LogP contribution in [0.1, 0.15) is 19.8 Å². The number of hydrogen-bond donors (Lipinski definition) is 0. The summed E-state index contributed by atoms with van der Waals surface area (Å²) in [5.74, 6) is 1.79. The molecule has 118 valence electrons. The summed E-state index contributed by atoms with van der Waals surface area (Å²) in [4.78, 5) is 4.95. The Morgan fingerprint density at radius 3 is 2.43 bits per heavy atom. The predicted octanol–water partition coefficient (Wildman–Crippen LogP) is 2.49. The molecule has 1 aromatic carbocycles. The molecule has 0 amide bonds. The Balaban J connectivity index is 1.58. The van der Waals surface area contributed by atoms with E-state index in [1.165, 1.54) is 39.1 Å². The number of unbranched alkanes of at least 4 members (excludes halogenated alkanes) is 1. The lowest BCUT2D eigenvalue weighted by atomic mass is 10.2. The van der Waals surface area contributed by atoms with E-state index >= 15 is 0 Å². The molecule has 1 aliphatic rings. The Kier molecular flexibility index (Phi) is 6.83. The molecule has 2 rings (SSSR count). The number of ether oxygens (including phenoxy) is 2. The number of benzene rings is 1. The third kappa shape index (κ3) is 5.94. The first-order valence-corrected chi connectivity index (χ1v) is 8.04. The molecule has 1 heterocycles. The van der Waals surface area contributed by atoms with Crippen LogP contribution in [0.5, 0.6) is 11.5 Å². The lowest BCUT2D eigenvalue weighted by Gasteiger charge is -2.32. The van der Waals surface area contributed by atoms with E-state index in [1.54, 1.807) is 0 Å². The van der Waals surface area contributed by atoms with Gasteiger partial charge in [0.15, 0.2) is 0 Å². The van der Waals surface area contributed by atoms with Gasteiger partial charge in [0.1, 0.15) is 11.5 Å². The van der Waals surface area contributed by atoms with Gasteiger partial charge in [0.05, 0.1) is 13.2 Å². The second-order valence-corrected chi connectivity index (χ2v) is 5.61. The highest BCUT2D eigenvalue weighted by atomic mass is 16.5. The fourth-order valence-corrected chi connectivity index (χ4v) is 2.52. The highest BCUT2D eigenvalue weighted by molar-refractivity contribution is 5.32. The van der Waals surface area contributed by atoms with E-state index in [0.29, 0.717) is 6.61 Å². The van der Waals surface area contributed by atoms with Gasteiger partial charge in [-0.1, -0.05) is 6.07 Å². The van der Waals surface area contributed by atoms with Crippen molar-refractivity contribution < 1.29 is 9.47 Å². The van der Waals surface area contributed by atoms with Gasteiger partial charge >= 0.3 is 0 Å². The summed E-state index contributed by atoms with van der Waals surface area (Å²) >= 11 is 0. The number of nitrogens with zero attached hydrogens (tertiary/aromatic N) is 2. The molecule has 0 N–H and O–H groups in total. The number of likely N-dealkylation sites (N-methyl/N-ethyl adjacent to an activating group) is 1. The van der Waals surface area contributed by atoms with Gasteiger partial charge in [0.2, 0.25) is 0 Å². The number of piperazine rings is 1. The molecule has 0 saturated carbocycles. The highest BCUT2D eigenvalue weighted by Gasteiger charge is 2.12. The molecule has 0 aliphatic carbocycles. The summed E-state index contributed by atoms with van der Waals surface area (Å²) in [7, 11) is 2.20. The number of hydrogen-bond acceptors (Lipinski definition) is 4. The minimum Gasteiger partial charge on any atom is -0.494 e. The van der Waals surface area contributed by atoms with Crippen LogP contribution in [0.4, 0.5) is 0 Å². The zero-order valence-electron chi connectivity index (χ0n) is 13.4. The Labute approximate surface area is 128 Å². The van der Waals surface area contributed by atoms with Crippen molar-refractivity contribution in [2.24, 2.45) is 0 Å². The molecule has 1 aromatic rings. The van der Waals surface area contributed by atoms with Gasteiger partial charge in [-0.05, 0) is 45.5 Å². The highest BCUT2D eigenvalue weighted by Crippen LogP contribution is 2.19. The molecule has 0 bridgehead atoms. The van der Waals surface area contributed by atoms with Crippen LogP contribution in [0.3, 0.4) is 0 Å². The lowest BCUT2D eigenvalue weighted by Crippen LogP contribution is -2.44. The molecular weight excluding hydrogens is 264 g/mol.